The Morgan fingerprint density at radius 2 is 1.50 bits per heavy atom. The summed E-state index contributed by atoms with van der Waals surface area (Å²) in [7, 11) is -8.13. The standard InChI is InChI=1S/C29H43N3O6S2/c1-23(2)22-32(39(35,36)26-15-9-5-10-16-26)20-17-29(34,21-25-13-7-4-8-14-25)27(24(3)28(30)33)40(37,38)31-18-11-6-12-19-31/h4-5,7-10,13-16,23-24,27,34H,6,11-12,17-22H2,1-3H3,(H2,30,33)/t24?,27?,29-/m0/s1. The van der Waals surface area contributed by atoms with Crippen molar-refractivity contribution in [2.75, 3.05) is 26.2 Å². The van der Waals surface area contributed by atoms with Gasteiger partial charge in [-0.3, -0.25) is 4.79 Å². The average molecular weight is 594 g/mol. The van der Waals surface area contributed by atoms with Crippen molar-refractivity contribution in [2.45, 2.75) is 68.6 Å². The van der Waals surface area contributed by atoms with Crippen LogP contribution in [0.5, 0.6) is 0 Å². The smallest absolute Gasteiger partial charge is 0.243 e. The van der Waals surface area contributed by atoms with E-state index in [1.807, 2.05) is 19.9 Å². The Hall–Kier alpha value is -2.31. The SMILES string of the molecule is CC(C)CN(CC[C@](O)(Cc1ccccc1)C(C(C)C(N)=O)S(=O)(=O)N1CCCCC1)S(=O)(=O)c1ccccc1. The van der Waals surface area contributed by atoms with E-state index in [1.165, 1.54) is 27.7 Å². The molecule has 40 heavy (non-hydrogen) atoms. The van der Waals surface area contributed by atoms with Gasteiger partial charge in [-0.1, -0.05) is 75.7 Å². The second-order valence-corrected chi connectivity index (χ2v) is 15.2. The summed E-state index contributed by atoms with van der Waals surface area (Å²) in [6.07, 6.45) is 1.97. The Morgan fingerprint density at radius 1 is 0.950 bits per heavy atom. The summed E-state index contributed by atoms with van der Waals surface area (Å²) in [6.45, 7) is 5.84. The highest BCUT2D eigenvalue weighted by Gasteiger charge is 2.52. The number of hydrogen-bond donors (Lipinski definition) is 2. The fourth-order valence-electron chi connectivity index (χ4n) is 5.49. The van der Waals surface area contributed by atoms with Crippen molar-refractivity contribution in [3.05, 3.63) is 66.2 Å². The molecule has 222 valence electrons. The molecular formula is C29H43N3O6S2. The van der Waals surface area contributed by atoms with Crippen molar-refractivity contribution < 1.29 is 26.7 Å². The molecular weight excluding hydrogens is 550 g/mol. The van der Waals surface area contributed by atoms with E-state index in [2.05, 4.69) is 0 Å². The lowest BCUT2D eigenvalue weighted by molar-refractivity contribution is -0.123. The highest BCUT2D eigenvalue weighted by atomic mass is 32.2. The van der Waals surface area contributed by atoms with Crippen LogP contribution in [0.2, 0.25) is 0 Å². The molecule has 0 aromatic heterocycles. The minimum atomic E-state index is -4.19. The van der Waals surface area contributed by atoms with Crippen LogP contribution in [0, 0.1) is 11.8 Å². The molecule has 1 saturated heterocycles. The van der Waals surface area contributed by atoms with Crippen molar-refractivity contribution in [1.29, 1.82) is 0 Å². The van der Waals surface area contributed by atoms with E-state index in [0.717, 1.165) is 6.42 Å². The number of rotatable bonds is 14. The summed E-state index contributed by atoms with van der Waals surface area (Å²) in [6, 6.07) is 17.0. The number of primary amides is 1. The first-order valence-corrected chi connectivity index (χ1v) is 16.8. The molecule has 2 aromatic carbocycles. The van der Waals surface area contributed by atoms with Gasteiger partial charge in [0, 0.05) is 32.6 Å². The lowest BCUT2D eigenvalue weighted by Gasteiger charge is -2.42. The van der Waals surface area contributed by atoms with Crippen LogP contribution in [-0.4, -0.2) is 73.5 Å². The van der Waals surface area contributed by atoms with Crippen molar-refractivity contribution in [2.24, 2.45) is 17.6 Å². The van der Waals surface area contributed by atoms with Crippen molar-refractivity contribution >= 4 is 26.0 Å². The van der Waals surface area contributed by atoms with Gasteiger partial charge in [-0.15, -0.1) is 0 Å². The minimum absolute atomic E-state index is 0.0295. The van der Waals surface area contributed by atoms with Gasteiger partial charge in [0.2, 0.25) is 26.0 Å². The summed E-state index contributed by atoms with van der Waals surface area (Å²) < 4.78 is 58.2. The number of nitrogens with zero attached hydrogens (tertiary/aromatic N) is 2. The van der Waals surface area contributed by atoms with Gasteiger partial charge in [0.05, 0.1) is 16.4 Å². The Morgan fingerprint density at radius 3 is 2.02 bits per heavy atom. The molecule has 0 bridgehead atoms. The van der Waals surface area contributed by atoms with Gasteiger partial charge < -0.3 is 10.8 Å². The van der Waals surface area contributed by atoms with Gasteiger partial charge in [-0.05, 0) is 42.9 Å². The van der Waals surface area contributed by atoms with Gasteiger partial charge in [-0.2, -0.15) is 4.31 Å². The summed E-state index contributed by atoms with van der Waals surface area (Å²) in [4.78, 5) is 12.6. The van der Waals surface area contributed by atoms with E-state index in [0.29, 0.717) is 31.5 Å². The van der Waals surface area contributed by atoms with Gasteiger partial charge >= 0.3 is 0 Å². The minimum Gasteiger partial charge on any atom is -0.388 e. The third-order valence-corrected chi connectivity index (χ3v) is 12.0. The zero-order valence-electron chi connectivity index (χ0n) is 23.6. The maximum atomic E-state index is 14.1. The highest BCUT2D eigenvalue weighted by molar-refractivity contribution is 7.90. The summed E-state index contributed by atoms with van der Waals surface area (Å²) in [5.41, 5.74) is 4.36. The first kappa shape index (κ1) is 32.2. The fourth-order valence-corrected chi connectivity index (χ4v) is 9.61. The van der Waals surface area contributed by atoms with Crippen molar-refractivity contribution in [3.63, 3.8) is 0 Å². The number of carbonyl (C=O) groups is 1. The maximum Gasteiger partial charge on any atom is 0.243 e. The molecule has 3 atom stereocenters. The molecule has 0 radical (unpaired) electrons. The molecule has 0 aliphatic carbocycles. The molecule has 2 unspecified atom stereocenters. The number of aliphatic hydroxyl groups is 1. The molecule has 9 nitrogen and oxygen atoms in total. The second kappa shape index (κ2) is 13.6. The van der Waals surface area contributed by atoms with Gasteiger partial charge in [0.15, 0.2) is 0 Å². The molecule has 3 rings (SSSR count). The molecule has 0 saturated carbocycles. The Labute approximate surface area is 239 Å². The van der Waals surface area contributed by atoms with Gasteiger partial charge in [0.25, 0.3) is 0 Å². The molecule has 1 aliphatic heterocycles. The van der Waals surface area contributed by atoms with Crippen LogP contribution in [0.4, 0.5) is 0 Å². The largest absolute Gasteiger partial charge is 0.388 e. The van der Waals surface area contributed by atoms with Gasteiger partial charge in [0.1, 0.15) is 5.25 Å². The molecule has 1 aliphatic rings. The molecule has 1 amide bonds. The van der Waals surface area contributed by atoms with Crippen LogP contribution in [0.1, 0.15) is 52.0 Å². The second-order valence-electron chi connectivity index (χ2n) is 11.2. The number of nitrogens with two attached hydrogens (primary N) is 1. The molecule has 0 spiro atoms. The number of benzene rings is 2. The lowest BCUT2D eigenvalue weighted by Crippen LogP contribution is -2.60. The molecule has 11 heteroatoms. The van der Waals surface area contributed by atoms with E-state index in [9.17, 15) is 26.7 Å². The lowest BCUT2D eigenvalue weighted by atomic mass is 9.82. The molecule has 2 aromatic rings. The number of carbonyl (C=O) groups excluding carboxylic acids is 1. The third-order valence-electron chi connectivity index (χ3n) is 7.53. The molecule has 1 heterocycles. The maximum absolute atomic E-state index is 14.1. The Kier molecular flexibility index (Phi) is 10.9. The van der Waals surface area contributed by atoms with E-state index < -0.39 is 42.7 Å². The quantitative estimate of drug-likeness (QED) is 0.345. The predicted octanol–water partition coefficient (Wildman–Crippen LogP) is 3.00. The summed E-state index contributed by atoms with van der Waals surface area (Å²) >= 11 is 0. The van der Waals surface area contributed by atoms with E-state index in [4.69, 9.17) is 5.73 Å². The zero-order chi connectivity index (χ0) is 29.6. The number of hydrogen-bond acceptors (Lipinski definition) is 6. The van der Waals surface area contributed by atoms with Crippen LogP contribution in [0.25, 0.3) is 0 Å². The number of sulfonamides is 2. The number of amides is 1. The molecule has 1 fully saturated rings. The zero-order valence-corrected chi connectivity index (χ0v) is 25.3. The highest BCUT2D eigenvalue weighted by Crippen LogP contribution is 2.35. The van der Waals surface area contributed by atoms with Crippen molar-refractivity contribution in [3.8, 4) is 0 Å². The Balaban J connectivity index is 2.09. The van der Waals surface area contributed by atoms with E-state index >= 15 is 0 Å². The van der Waals surface area contributed by atoms with Crippen LogP contribution in [-0.2, 0) is 31.3 Å². The normalized spacial score (nSPS) is 18.4. The third kappa shape index (κ3) is 7.70. The average Bonchev–Trinajstić information content (AvgIpc) is 2.92. The summed E-state index contributed by atoms with van der Waals surface area (Å²) in [5, 5.41) is 10.8. The van der Waals surface area contributed by atoms with Crippen LogP contribution in [0.15, 0.2) is 65.6 Å². The predicted molar refractivity (Wildman–Crippen MR) is 156 cm³/mol. The first-order valence-electron chi connectivity index (χ1n) is 13.9. The summed E-state index contributed by atoms with van der Waals surface area (Å²) in [5.74, 6) is -2.09. The fraction of sp³-hybridized carbons (Fsp3) is 0.552. The van der Waals surface area contributed by atoms with E-state index in [-0.39, 0.29) is 36.7 Å². The van der Waals surface area contributed by atoms with Crippen LogP contribution >= 0.6 is 0 Å². The first-order chi connectivity index (χ1) is 18.8. The van der Waals surface area contributed by atoms with Crippen LogP contribution < -0.4 is 5.73 Å². The number of piperidine rings is 1. The Bertz CT molecular complexity index is 1310. The topological polar surface area (TPSA) is 138 Å². The monoisotopic (exact) mass is 593 g/mol. The van der Waals surface area contributed by atoms with E-state index in [1.54, 1.807) is 42.5 Å². The van der Waals surface area contributed by atoms with Crippen LogP contribution in [0.3, 0.4) is 0 Å². The van der Waals surface area contributed by atoms with Gasteiger partial charge in [-0.25, -0.2) is 21.1 Å². The van der Waals surface area contributed by atoms with Crippen molar-refractivity contribution in [1.82, 2.24) is 8.61 Å². The molecule has 3 N–H and O–H groups in total.